The van der Waals surface area contributed by atoms with Crippen LogP contribution >= 0.6 is 0 Å². The van der Waals surface area contributed by atoms with Gasteiger partial charge in [-0.25, -0.2) is 9.97 Å². The van der Waals surface area contributed by atoms with Crippen LogP contribution in [0, 0.1) is 19.8 Å². The fraction of sp³-hybridized carbons (Fsp3) is 0.296. The molecule has 1 aliphatic rings. The lowest BCUT2D eigenvalue weighted by Gasteiger charge is -2.24. The van der Waals surface area contributed by atoms with Crippen LogP contribution in [0.15, 0.2) is 60.9 Å². The molecule has 5 rings (SSSR count). The minimum absolute atomic E-state index is 0.0215. The standard InChI is InChI=1S/C27H28N4O/c1-18-6-5-7-21(14-18)26-24(16-28-19(2)30-26)27(32)31(17-20-10-11-20)13-12-22-15-29-25-9-4-3-8-23(22)25/h3-9,14-16,20,29H,10-13,17H2,1-2H3. The monoisotopic (exact) mass is 424 g/mol. The van der Waals surface area contributed by atoms with Gasteiger partial charge in [0.1, 0.15) is 5.82 Å². The van der Waals surface area contributed by atoms with Crippen LogP contribution < -0.4 is 0 Å². The van der Waals surface area contributed by atoms with Gasteiger partial charge in [-0.1, -0.05) is 42.0 Å². The average Bonchev–Trinajstić information content (AvgIpc) is 3.53. The van der Waals surface area contributed by atoms with E-state index in [0.717, 1.165) is 35.3 Å². The Labute approximate surface area is 188 Å². The molecule has 0 atom stereocenters. The molecule has 2 heterocycles. The molecule has 2 aromatic heterocycles. The molecule has 2 aromatic carbocycles. The summed E-state index contributed by atoms with van der Waals surface area (Å²) < 4.78 is 0. The normalized spacial score (nSPS) is 13.4. The number of carbonyl (C=O) groups is 1. The summed E-state index contributed by atoms with van der Waals surface area (Å²) in [5.74, 6) is 1.30. The predicted octanol–water partition coefficient (Wildman–Crippen LogP) is 5.34. The van der Waals surface area contributed by atoms with E-state index in [9.17, 15) is 4.79 Å². The van der Waals surface area contributed by atoms with Crippen LogP contribution in [-0.2, 0) is 6.42 Å². The first kappa shape index (κ1) is 20.4. The molecule has 5 nitrogen and oxygen atoms in total. The molecular formula is C27H28N4O. The summed E-state index contributed by atoms with van der Waals surface area (Å²) in [5, 5.41) is 1.23. The van der Waals surface area contributed by atoms with Gasteiger partial charge in [-0.2, -0.15) is 0 Å². The molecule has 5 heteroatoms. The molecule has 0 radical (unpaired) electrons. The summed E-state index contributed by atoms with van der Waals surface area (Å²) in [5.41, 5.74) is 5.79. The fourth-order valence-electron chi connectivity index (χ4n) is 4.29. The van der Waals surface area contributed by atoms with Gasteiger partial charge in [0.25, 0.3) is 5.91 Å². The van der Waals surface area contributed by atoms with Gasteiger partial charge in [0, 0.05) is 41.9 Å². The van der Waals surface area contributed by atoms with E-state index >= 15 is 0 Å². The van der Waals surface area contributed by atoms with E-state index in [1.165, 1.54) is 23.8 Å². The molecule has 32 heavy (non-hydrogen) atoms. The Balaban J connectivity index is 1.44. The lowest BCUT2D eigenvalue weighted by molar-refractivity contribution is 0.0749. The van der Waals surface area contributed by atoms with Gasteiger partial charge in [0.2, 0.25) is 0 Å². The maximum atomic E-state index is 13.8. The van der Waals surface area contributed by atoms with Crippen molar-refractivity contribution in [2.45, 2.75) is 33.1 Å². The Kier molecular flexibility index (Phi) is 5.48. The molecule has 1 fully saturated rings. The zero-order valence-electron chi connectivity index (χ0n) is 18.6. The van der Waals surface area contributed by atoms with E-state index in [1.54, 1.807) is 6.20 Å². The first-order valence-electron chi connectivity index (χ1n) is 11.3. The first-order chi connectivity index (χ1) is 15.6. The van der Waals surface area contributed by atoms with Crippen molar-refractivity contribution in [3.8, 4) is 11.3 Å². The van der Waals surface area contributed by atoms with E-state index in [0.29, 0.717) is 23.9 Å². The highest BCUT2D eigenvalue weighted by molar-refractivity contribution is 5.99. The number of rotatable bonds is 7. The Morgan fingerprint density at radius 1 is 1.12 bits per heavy atom. The third kappa shape index (κ3) is 4.28. The van der Waals surface area contributed by atoms with Gasteiger partial charge in [-0.3, -0.25) is 4.79 Å². The Hall–Kier alpha value is -3.47. The van der Waals surface area contributed by atoms with Gasteiger partial charge in [0.15, 0.2) is 0 Å². The number of aromatic amines is 1. The highest BCUT2D eigenvalue weighted by Gasteiger charge is 2.29. The van der Waals surface area contributed by atoms with Crippen LogP contribution in [0.2, 0.25) is 0 Å². The number of fused-ring (bicyclic) bond motifs is 1. The zero-order chi connectivity index (χ0) is 22.1. The van der Waals surface area contributed by atoms with Crippen LogP contribution in [0.3, 0.4) is 0 Å². The third-order valence-electron chi connectivity index (χ3n) is 6.22. The van der Waals surface area contributed by atoms with Crippen molar-refractivity contribution >= 4 is 16.8 Å². The number of hydrogen-bond acceptors (Lipinski definition) is 3. The smallest absolute Gasteiger partial charge is 0.257 e. The van der Waals surface area contributed by atoms with Crippen LogP contribution in [0.5, 0.6) is 0 Å². The van der Waals surface area contributed by atoms with E-state index in [2.05, 4.69) is 58.4 Å². The van der Waals surface area contributed by atoms with Gasteiger partial charge in [0.05, 0.1) is 11.3 Å². The number of benzene rings is 2. The van der Waals surface area contributed by atoms with Crippen LogP contribution in [0.25, 0.3) is 22.2 Å². The minimum atomic E-state index is 0.0215. The number of amides is 1. The quantitative estimate of drug-likeness (QED) is 0.436. The van der Waals surface area contributed by atoms with Crippen molar-refractivity contribution in [3.05, 3.63) is 83.4 Å². The topological polar surface area (TPSA) is 61.9 Å². The van der Waals surface area contributed by atoms with Gasteiger partial charge in [-0.15, -0.1) is 0 Å². The summed E-state index contributed by atoms with van der Waals surface area (Å²) in [4.78, 5) is 28.2. The van der Waals surface area contributed by atoms with Crippen LogP contribution in [0.1, 0.15) is 40.2 Å². The van der Waals surface area contributed by atoms with E-state index < -0.39 is 0 Å². The van der Waals surface area contributed by atoms with Crippen molar-refractivity contribution in [2.75, 3.05) is 13.1 Å². The summed E-state index contributed by atoms with van der Waals surface area (Å²) >= 11 is 0. The van der Waals surface area contributed by atoms with Gasteiger partial charge >= 0.3 is 0 Å². The molecule has 0 unspecified atom stereocenters. The number of carbonyl (C=O) groups excluding carboxylic acids is 1. The molecule has 1 aliphatic carbocycles. The van der Waals surface area contributed by atoms with E-state index in [-0.39, 0.29) is 5.91 Å². The molecule has 0 spiro atoms. The van der Waals surface area contributed by atoms with Crippen molar-refractivity contribution < 1.29 is 4.79 Å². The van der Waals surface area contributed by atoms with Crippen LogP contribution in [-0.4, -0.2) is 38.8 Å². The lowest BCUT2D eigenvalue weighted by Crippen LogP contribution is -2.35. The number of hydrogen-bond donors (Lipinski definition) is 1. The highest BCUT2D eigenvalue weighted by atomic mass is 16.2. The molecule has 1 N–H and O–H groups in total. The summed E-state index contributed by atoms with van der Waals surface area (Å²) in [6.07, 6.45) is 6.98. The SMILES string of the molecule is Cc1cccc(-c2nc(C)ncc2C(=O)N(CCc2c[nH]c3ccccc23)CC2CC2)c1. The second-order valence-corrected chi connectivity index (χ2v) is 8.85. The third-order valence-corrected chi connectivity index (χ3v) is 6.22. The van der Waals surface area contributed by atoms with Gasteiger partial charge in [-0.05, 0) is 56.7 Å². The molecule has 4 aromatic rings. The Morgan fingerprint density at radius 2 is 1.97 bits per heavy atom. The maximum Gasteiger partial charge on any atom is 0.257 e. The number of aromatic nitrogens is 3. The molecule has 1 saturated carbocycles. The van der Waals surface area contributed by atoms with Gasteiger partial charge < -0.3 is 9.88 Å². The van der Waals surface area contributed by atoms with Crippen molar-refractivity contribution in [1.82, 2.24) is 19.9 Å². The molecular weight excluding hydrogens is 396 g/mol. The lowest BCUT2D eigenvalue weighted by atomic mass is 10.0. The zero-order valence-corrected chi connectivity index (χ0v) is 18.6. The number of nitrogens with one attached hydrogen (secondary N) is 1. The van der Waals surface area contributed by atoms with Crippen molar-refractivity contribution in [1.29, 1.82) is 0 Å². The predicted molar refractivity (Wildman–Crippen MR) is 128 cm³/mol. The molecule has 0 saturated heterocycles. The fourth-order valence-corrected chi connectivity index (χ4v) is 4.29. The molecule has 0 bridgehead atoms. The number of H-pyrrole nitrogens is 1. The molecule has 0 aliphatic heterocycles. The summed E-state index contributed by atoms with van der Waals surface area (Å²) in [6.45, 7) is 5.40. The first-order valence-corrected chi connectivity index (χ1v) is 11.3. The molecule has 162 valence electrons. The molecule has 1 amide bonds. The second kappa shape index (κ2) is 8.58. The van der Waals surface area contributed by atoms with E-state index in [4.69, 9.17) is 0 Å². The summed E-state index contributed by atoms with van der Waals surface area (Å²) in [7, 11) is 0. The highest BCUT2D eigenvalue weighted by Crippen LogP contribution is 2.31. The number of para-hydroxylation sites is 1. The second-order valence-electron chi connectivity index (χ2n) is 8.85. The number of nitrogens with zero attached hydrogens (tertiary/aromatic N) is 3. The largest absolute Gasteiger partial charge is 0.361 e. The Bertz CT molecular complexity index is 1270. The number of aryl methyl sites for hydroxylation is 2. The van der Waals surface area contributed by atoms with Crippen molar-refractivity contribution in [2.24, 2.45) is 5.92 Å². The van der Waals surface area contributed by atoms with Crippen molar-refractivity contribution in [3.63, 3.8) is 0 Å². The van der Waals surface area contributed by atoms with E-state index in [1.807, 2.05) is 30.0 Å². The Morgan fingerprint density at radius 3 is 2.78 bits per heavy atom. The minimum Gasteiger partial charge on any atom is -0.361 e. The van der Waals surface area contributed by atoms with Crippen LogP contribution in [0.4, 0.5) is 0 Å². The summed E-state index contributed by atoms with van der Waals surface area (Å²) in [6, 6.07) is 16.5. The maximum absolute atomic E-state index is 13.8. The average molecular weight is 425 g/mol.